The van der Waals surface area contributed by atoms with Crippen molar-refractivity contribution in [3.63, 3.8) is 0 Å². The minimum Gasteiger partial charge on any atom is -0.491 e. The SMILES string of the molecule is CCN(Cc1ccc(Cl)s1)C[C@@H](O)COc1ccc(C#N)cc1. The van der Waals surface area contributed by atoms with Crippen LogP contribution < -0.4 is 4.74 Å². The zero-order chi connectivity index (χ0) is 16.7. The Hall–Kier alpha value is -1.58. The molecule has 1 atom stereocenters. The highest BCUT2D eigenvalue weighted by molar-refractivity contribution is 7.16. The fraction of sp³-hybridized carbons (Fsp3) is 0.353. The molecular formula is C17H19ClN2O2S. The summed E-state index contributed by atoms with van der Waals surface area (Å²) in [6.45, 7) is 4.41. The van der Waals surface area contributed by atoms with Gasteiger partial charge in [-0.2, -0.15) is 5.26 Å². The maximum absolute atomic E-state index is 10.2. The highest BCUT2D eigenvalue weighted by Crippen LogP contribution is 2.22. The Labute approximate surface area is 145 Å². The molecule has 0 aliphatic carbocycles. The molecule has 2 aromatic rings. The number of thiophene rings is 1. The quantitative estimate of drug-likeness (QED) is 0.791. The van der Waals surface area contributed by atoms with Crippen LogP contribution in [0.15, 0.2) is 36.4 Å². The normalized spacial score (nSPS) is 12.1. The van der Waals surface area contributed by atoms with E-state index in [2.05, 4.69) is 17.9 Å². The number of nitriles is 1. The van der Waals surface area contributed by atoms with Crippen molar-refractivity contribution in [1.82, 2.24) is 4.90 Å². The average Bonchev–Trinajstić information content (AvgIpc) is 2.97. The Kier molecular flexibility index (Phi) is 6.87. The van der Waals surface area contributed by atoms with E-state index in [9.17, 15) is 5.11 Å². The Morgan fingerprint density at radius 3 is 2.61 bits per heavy atom. The molecule has 0 aliphatic heterocycles. The monoisotopic (exact) mass is 350 g/mol. The highest BCUT2D eigenvalue weighted by atomic mass is 35.5. The summed E-state index contributed by atoms with van der Waals surface area (Å²) >= 11 is 7.50. The summed E-state index contributed by atoms with van der Waals surface area (Å²) in [5.41, 5.74) is 0.588. The van der Waals surface area contributed by atoms with E-state index in [1.807, 2.05) is 12.1 Å². The molecule has 0 unspecified atom stereocenters. The van der Waals surface area contributed by atoms with E-state index in [0.29, 0.717) is 17.9 Å². The molecule has 2 rings (SSSR count). The van der Waals surface area contributed by atoms with Crippen LogP contribution in [0.25, 0.3) is 0 Å². The third-order valence-corrected chi connectivity index (χ3v) is 4.57. The lowest BCUT2D eigenvalue weighted by Gasteiger charge is -2.23. The summed E-state index contributed by atoms with van der Waals surface area (Å²) in [6, 6.07) is 12.8. The van der Waals surface area contributed by atoms with Crippen molar-refractivity contribution in [2.45, 2.75) is 19.6 Å². The van der Waals surface area contributed by atoms with Gasteiger partial charge in [-0.25, -0.2) is 0 Å². The van der Waals surface area contributed by atoms with Gasteiger partial charge in [-0.3, -0.25) is 4.90 Å². The van der Waals surface area contributed by atoms with Crippen molar-refractivity contribution in [3.05, 3.63) is 51.2 Å². The summed E-state index contributed by atoms with van der Waals surface area (Å²) in [4.78, 5) is 3.33. The number of likely N-dealkylation sites (N-methyl/N-ethyl adjacent to an activating group) is 1. The number of aliphatic hydroxyl groups is 1. The minimum absolute atomic E-state index is 0.216. The van der Waals surface area contributed by atoms with Gasteiger partial charge in [-0.1, -0.05) is 18.5 Å². The summed E-state index contributed by atoms with van der Waals surface area (Å²) < 4.78 is 6.34. The molecule has 4 nitrogen and oxygen atoms in total. The number of aliphatic hydroxyl groups excluding tert-OH is 1. The van der Waals surface area contributed by atoms with Gasteiger partial charge >= 0.3 is 0 Å². The molecule has 122 valence electrons. The van der Waals surface area contributed by atoms with Crippen LogP contribution in [0.5, 0.6) is 5.75 Å². The van der Waals surface area contributed by atoms with Gasteiger partial charge in [-0.05, 0) is 42.9 Å². The lowest BCUT2D eigenvalue weighted by Crippen LogP contribution is -2.35. The zero-order valence-electron chi connectivity index (χ0n) is 12.9. The van der Waals surface area contributed by atoms with Gasteiger partial charge in [0, 0.05) is 18.0 Å². The van der Waals surface area contributed by atoms with Crippen LogP contribution in [-0.4, -0.2) is 35.8 Å². The van der Waals surface area contributed by atoms with Gasteiger partial charge < -0.3 is 9.84 Å². The summed E-state index contributed by atoms with van der Waals surface area (Å²) in [7, 11) is 0. The second-order valence-electron chi connectivity index (χ2n) is 5.13. The summed E-state index contributed by atoms with van der Waals surface area (Å²) in [5.74, 6) is 0.649. The molecule has 0 radical (unpaired) electrons. The second kappa shape index (κ2) is 8.90. The van der Waals surface area contributed by atoms with Gasteiger partial charge in [0.25, 0.3) is 0 Å². The van der Waals surface area contributed by atoms with Gasteiger partial charge in [0.2, 0.25) is 0 Å². The van der Waals surface area contributed by atoms with E-state index >= 15 is 0 Å². The number of rotatable bonds is 8. The van der Waals surface area contributed by atoms with Crippen molar-refractivity contribution < 1.29 is 9.84 Å². The van der Waals surface area contributed by atoms with Crippen LogP contribution in [0.4, 0.5) is 0 Å². The van der Waals surface area contributed by atoms with E-state index in [1.54, 1.807) is 35.6 Å². The molecule has 1 aromatic heterocycles. The lowest BCUT2D eigenvalue weighted by molar-refractivity contribution is 0.0678. The molecule has 0 spiro atoms. The number of halogens is 1. The molecule has 0 saturated carbocycles. The molecule has 1 heterocycles. The Balaban J connectivity index is 1.79. The molecule has 0 amide bonds. The minimum atomic E-state index is -0.582. The lowest BCUT2D eigenvalue weighted by atomic mass is 10.2. The topological polar surface area (TPSA) is 56.5 Å². The number of hydrogen-bond donors (Lipinski definition) is 1. The van der Waals surface area contributed by atoms with Crippen molar-refractivity contribution in [2.75, 3.05) is 19.7 Å². The first-order chi connectivity index (χ1) is 11.1. The van der Waals surface area contributed by atoms with Crippen LogP contribution in [0.2, 0.25) is 4.34 Å². The van der Waals surface area contributed by atoms with Gasteiger partial charge in [0.1, 0.15) is 18.5 Å². The Morgan fingerprint density at radius 2 is 2.04 bits per heavy atom. The van der Waals surface area contributed by atoms with Crippen molar-refractivity contribution >= 4 is 22.9 Å². The third-order valence-electron chi connectivity index (χ3n) is 3.35. The number of ether oxygens (including phenoxy) is 1. The molecule has 23 heavy (non-hydrogen) atoms. The molecule has 0 saturated heterocycles. The van der Waals surface area contributed by atoms with E-state index in [-0.39, 0.29) is 6.61 Å². The third kappa shape index (κ3) is 5.85. The standard InChI is InChI=1S/C17H19ClN2O2S/c1-2-20(11-16-7-8-17(18)23-16)10-14(21)12-22-15-5-3-13(9-19)4-6-15/h3-8,14,21H,2,10-12H2,1H3/t14-/m1/s1. The molecule has 1 N–H and O–H groups in total. The molecular weight excluding hydrogens is 332 g/mol. The number of benzene rings is 1. The van der Waals surface area contributed by atoms with E-state index < -0.39 is 6.10 Å². The molecule has 0 fully saturated rings. The smallest absolute Gasteiger partial charge is 0.119 e. The summed E-state index contributed by atoms with van der Waals surface area (Å²) in [6.07, 6.45) is -0.582. The van der Waals surface area contributed by atoms with Crippen molar-refractivity contribution in [1.29, 1.82) is 5.26 Å². The molecule has 6 heteroatoms. The fourth-order valence-corrected chi connectivity index (χ4v) is 3.26. The predicted octanol–water partition coefficient (Wildman–Crippen LogP) is 3.53. The van der Waals surface area contributed by atoms with Crippen LogP contribution in [0.3, 0.4) is 0 Å². The Bertz CT molecular complexity index is 651. The van der Waals surface area contributed by atoms with Crippen LogP contribution in [0.1, 0.15) is 17.4 Å². The van der Waals surface area contributed by atoms with Gasteiger partial charge in [-0.15, -0.1) is 11.3 Å². The van der Waals surface area contributed by atoms with Gasteiger partial charge in [0.15, 0.2) is 0 Å². The first-order valence-electron chi connectivity index (χ1n) is 7.38. The molecule has 0 bridgehead atoms. The van der Waals surface area contributed by atoms with E-state index in [1.165, 1.54) is 4.88 Å². The van der Waals surface area contributed by atoms with Crippen molar-refractivity contribution in [2.24, 2.45) is 0 Å². The maximum atomic E-state index is 10.2. The number of nitrogens with zero attached hydrogens (tertiary/aromatic N) is 2. The first kappa shape index (κ1) is 17.8. The van der Waals surface area contributed by atoms with Crippen LogP contribution >= 0.6 is 22.9 Å². The largest absolute Gasteiger partial charge is 0.491 e. The predicted molar refractivity (Wildman–Crippen MR) is 92.9 cm³/mol. The van der Waals surface area contributed by atoms with E-state index in [4.69, 9.17) is 21.6 Å². The molecule has 1 aromatic carbocycles. The molecule has 0 aliphatic rings. The number of hydrogen-bond acceptors (Lipinski definition) is 5. The Morgan fingerprint density at radius 1 is 1.30 bits per heavy atom. The maximum Gasteiger partial charge on any atom is 0.119 e. The van der Waals surface area contributed by atoms with Crippen molar-refractivity contribution in [3.8, 4) is 11.8 Å². The second-order valence-corrected chi connectivity index (χ2v) is 6.93. The van der Waals surface area contributed by atoms with E-state index in [0.717, 1.165) is 17.4 Å². The highest BCUT2D eigenvalue weighted by Gasteiger charge is 2.12. The fourth-order valence-electron chi connectivity index (χ4n) is 2.13. The zero-order valence-corrected chi connectivity index (χ0v) is 14.5. The first-order valence-corrected chi connectivity index (χ1v) is 8.57. The van der Waals surface area contributed by atoms with Gasteiger partial charge in [0.05, 0.1) is 16.0 Å². The summed E-state index contributed by atoms with van der Waals surface area (Å²) in [5, 5.41) is 18.9. The average molecular weight is 351 g/mol. The van der Waals surface area contributed by atoms with Crippen LogP contribution in [-0.2, 0) is 6.54 Å². The van der Waals surface area contributed by atoms with Crippen LogP contribution in [0, 0.1) is 11.3 Å².